The zero-order valence-electron chi connectivity index (χ0n) is 10.0. The SMILES string of the molecule is CCCc1cc(CCl)cc(N(C)C2CC2)n1. The number of aromatic nitrogens is 1. The van der Waals surface area contributed by atoms with Crippen molar-refractivity contribution in [3.05, 3.63) is 23.4 Å². The number of pyridine rings is 1. The van der Waals surface area contributed by atoms with Crippen LogP contribution in [-0.2, 0) is 12.3 Å². The number of hydrogen-bond donors (Lipinski definition) is 0. The molecular formula is C13H19ClN2. The fourth-order valence-corrected chi connectivity index (χ4v) is 2.08. The fraction of sp³-hybridized carbons (Fsp3) is 0.615. The van der Waals surface area contributed by atoms with Gasteiger partial charge in [0.15, 0.2) is 0 Å². The van der Waals surface area contributed by atoms with E-state index < -0.39 is 0 Å². The molecular weight excluding hydrogens is 220 g/mol. The molecule has 3 heteroatoms. The molecule has 0 radical (unpaired) electrons. The van der Waals surface area contributed by atoms with Crippen molar-refractivity contribution in [3.63, 3.8) is 0 Å². The summed E-state index contributed by atoms with van der Waals surface area (Å²) >= 11 is 5.92. The molecule has 0 N–H and O–H groups in total. The Kier molecular flexibility index (Phi) is 3.70. The van der Waals surface area contributed by atoms with E-state index in [0.717, 1.165) is 18.7 Å². The first-order chi connectivity index (χ1) is 7.74. The Morgan fingerprint density at radius 1 is 1.44 bits per heavy atom. The number of anilines is 1. The van der Waals surface area contributed by atoms with Crippen LogP contribution in [-0.4, -0.2) is 18.1 Å². The fourth-order valence-electron chi connectivity index (χ4n) is 1.92. The van der Waals surface area contributed by atoms with Gasteiger partial charge in [0.25, 0.3) is 0 Å². The van der Waals surface area contributed by atoms with E-state index in [-0.39, 0.29) is 0 Å². The van der Waals surface area contributed by atoms with Gasteiger partial charge in [0.2, 0.25) is 0 Å². The second-order valence-electron chi connectivity index (χ2n) is 4.55. The normalized spacial score (nSPS) is 15.2. The maximum absolute atomic E-state index is 5.92. The largest absolute Gasteiger partial charge is 0.357 e. The van der Waals surface area contributed by atoms with E-state index in [0.29, 0.717) is 11.9 Å². The summed E-state index contributed by atoms with van der Waals surface area (Å²) in [5.74, 6) is 1.66. The van der Waals surface area contributed by atoms with Crippen molar-refractivity contribution in [2.24, 2.45) is 0 Å². The Hall–Kier alpha value is -0.760. The Morgan fingerprint density at radius 2 is 2.19 bits per heavy atom. The van der Waals surface area contributed by atoms with Crippen LogP contribution in [0.1, 0.15) is 37.4 Å². The summed E-state index contributed by atoms with van der Waals surface area (Å²) in [6.45, 7) is 2.18. The molecule has 2 rings (SSSR count). The standard InChI is InChI=1S/C13H19ClN2/c1-3-4-11-7-10(9-14)8-13(15-11)16(2)12-5-6-12/h7-8,12H,3-6,9H2,1-2H3. The molecule has 1 saturated carbocycles. The number of hydrogen-bond acceptors (Lipinski definition) is 2. The van der Waals surface area contributed by atoms with Crippen LogP contribution < -0.4 is 4.90 Å². The predicted octanol–water partition coefficient (Wildman–Crippen LogP) is 3.37. The summed E-state index contributed by atoms with van der Waals surface area (Å²) in [7, 11) is 2.13. The van der Waals surface area contributed by atoms with Crippen LogP contribution in [0.15, 0.2) is 12.1 Å². The highest BCUT2D eigenvalue weighted by atomic mass is 35.5. The van der Waals surface area contributed by atoms with Gasteiger partial charge < -0.3 is 4.90 Å². The Morgan fingerprint density at radius 3 is 2.75 bits per heavy atom. The molecule has 1 heterocycles. The average Bonchev–Trinajstić information content (AvgIpc) is 3.12. The second-order valence-corrected chi connectivity index (χ2v) is 4.82. The van der Waals surface area contributed by atoms with Gasteiger partial charge >= 0.3 is 0 Å². The summed E-state index contributed by atoms with van der Waals surface area (Å²) in [5, 5.41) is 0. The van der Waals surface area contributed by atoms with E-state index in [1.54, 1.807) is 0 Å². The van der Waals surface area contributed by atoms with Crippen LogP contribution in [0.4, 0.5) is 5.82 Å². The maximum atomic E-state index is 5.92. The molecule has 0 aliphatic heterocycles. The van der Waals surface area contributed by atoms with Gasteiger partial charge in [-0.2, -0.15) is 0 Å². The maximum Gasteiger partial charge on any atom is 0.129 e. The number of aryl methyl sites for hydroxylation is 1. The Bertz CT molecular complexity index is 361. The van der Waals surface area contributed by atoms with Crippen LogP contribution >= 0.6 is 11.6 Å². The highest BCUT2D eigenvalue weighted by Gasteiger charge is 2.27. The summed E-state index contributed by atoms with van der Waals surface area (Å²) in [5.41, 5.74) is 2.35. The molecule has 16 heavy (non-hydrogen) atoms. The second kappa shape index (κ2) is 5.05. The van der Waals surface area contributed by atoms with Crippen molar-refractivity contribution in [3.8, 4) is 0 Å². The molecule has 1 aliphatic rings. The molecule has 0 spiro atoms. The van der Waals surface area contributed by atoms with E-state index in [2.05, 4.69) is 31.0 Å². The van der Waals surface area contributed by atoms with Crippen LogP contribution in [0.25, 0.3) is 0 Å². The van der Waals surface area contributed by atoms with Gasteiger partial charge in [0.05, 0.1) is 0 Å². The third-order valence-electron chi connectivity index (χ3n) is 3.04. The van der Waals surface area contributed by atoms with Crippen LogP contribution in [0, 0.1) is 0 Å². The lowest BCUT2D eigenvalue weighted by Crippen LogP contribution is -2.21. The first-order valence-corrected chi connectivity index (χ1v) is 6.56. The minimum absolute atomic E-state index is 0.574. The van der Waals surface area contributed by atoms with E-state index >= 15 is 0 Å². The van der Waals surface area contributed by atoms with Gasteiger partial charge in [-0.05, 0) is 37.0 Å². The first-order valence-electron chi connectivity index (χ1n) is 6.03. The van der Waals surface area contributed by atoms with Crippen molar-refractivity contribution in [1.29, 1.82) is 0 Å². The van der Waals surface area contributed by atoms with E-state index in [4.69, 9.17) is 16.6 Å². The molecule has 0 amide bonds. The first kappa shape index (κ1) is 11.7. The van der Waals surface area contributed by atoms with Gasteiger partial charge in [0.1, 0.15) is 5.82 Å². The molecule has 1 fully saturated rings. The minimum atomic E-state index is 0.574. The number of halogens is 1. The van der Waals surface area contributed by atoms with Crippen LogP contribution in [0.2, 0.25) is 0 Å². The lowest BCUT2D eigenvalue weighted by molar-refractivity contribution is 0.844. The van der Waals surface area contributed by atoms with Crippen molar-refractivity contribution in [2.45, 2.75) is 44.5 Å². The monoisotopic (exact) mass is 238 g/mol. The minimum Gasteiger partial charge on any atom is -0.357 e. The molecule has 1 aromatic rings. The van der Waals surface area contributed by atoms with Gasteiger partial charge in [-0.25, -0.2) is 4.98 Å². The molecule has 0 aromatic carbocycles. The van der Waals surface area contributed by atoms with Crippen LogP contribution in [0.3, 0.4) is 0 Å². The highest BCUT2D eigenvalue weighted by Crippen LogP contribution is 2.30. The summed E-state index contributed by atoms with van der Waals surface area (Å²) in [6, 6.07) is 4.94. The van der Waals surface area contributed by atoms with Gasteiger partial charge in [-0.15, -0.1) is 11.6 Å². The molecule has 88 valence electrons. The summed E-state index contributed by atoms with van der Waals surface area (Å²) in [4.78, 5) is 6.99. The molecule has 0 unspecified atom stereocenters. The third-order valence-corrected chi connectivity index (χ3v) is 3.35. The van der Waals surface area contributed by atoms with E-state index in [1.807, 2.05) is 0 Å². The van der Waals surface area contributed by atoms with E-state index in [9.17, 15) is 0 Å². The van der Waals surface area contributed by atoms with Crippen molar-refractivity contribution >= 4 is 17.4 Å². The van der Waals surface area contributed by atoms with Crippen molar-refractivity contribution < 1.29 is 0 Å². The topological polar surface area (TPSA) is 16.1 Å². The smallest absolute Gasteiger partial charge is 0.129 e. The lowest BCUT2D eigenvalue weighted by atomic mass is 10.2. The number of alkyl halides is 1. The number of nitrogens with zero attached hydrogens (tertiary/aromatic N) is 2. The zero-order chi connectivity index (χ0) is 11.5. The average molecular weight is 239 g/mol. The van der Waals surface area contributed by atoms with Gasteiger partial charge in [-0.1, -0.05) is 13.3 Å². The summed E-state index contributed by atoms with van der Waals surface area (Å²) < 4.78 is 0. The van der Waals surface area contributed by atoms with Gasteiger partial charge in [-0.3, -0.25) is 0 Å². The number of rotatable bonds is 5. The zero-order valence-corrected chi connectivity index (χ0v) is 10.8. The van der Waals surface area contributed by atoms with Crippen LogP contribution in [0.5, 0.6) is 0 Å². The molecule has 0 atom stereocenters. The predicted molar refractivity (Wildman–Crippen MR) is 69.2 cm³/mol. The quantitative estimate of drug-likeness (QED) is 0.732. The van der Waals surface area contributed by atoms with Gasteiger partial charge in [0, 0.05) is 24.7 Å². The molecule has 0 saturated heterocycles. The van der Waals surface area contributed by atoms with E-state index in [1.165, 1.54) is 24.1 Å². The molecule has 1 aromatic heterocycles. The molecule has 2 nitrogen and oxygen atoms in total. The lowest BCUT2D eigenvalue weighted by Gasteiger charge is -2.19. The summed E-state index contributed by atoms with van der Waals surface area (Å²) in [6.07, 6.45) is 4.76. The molecule has 0 bridgehead atoms. The Balaban J connectivity index is 2.24. The Labute approximate surface area is 103 Å². The van der Waals surface area contributed by atoms with Crippen molar-refractivity contribution in [1.82, 2.24) is 4.98 Å². The highest BCUT2D eigenvalue weighted by molar-refractivity contribution is 6.17. The third kappa shape index (κ3) is 2.67. The van der Waals surface area contributed by atoms with Crippen molar-refractivity contribution in [2.75, 3.05) is 11.9 Å². The molecule has 1 aliphatic carbocycles.